The van der Waals surface area contributed by atoms with Crippen molar-refractivity contribution in [2.75, 3.05) is 25.1 Å². The summed E-state index contributed by atoms with van der Waals surface area (Å²) in [4.78, 5) is 8.40. The zero-order valence-electron chi connectivity index (χ0n) is 10.3. The molecule has 1 N–H and O–H groups in total. The molecule has 1 saturated heterocycles. The lowest BCUT2D eigenvalue weighted by Gasteiger charge is -2.38. The van der Waals surface area contributed by atoms with Crippen LogP contribution in [0.3, 0.4) is 0 Å². The summed E-state index contributed by atoms with van der Waals surface area (Å²) in [6.45, 7) is 4.80. The molecule has 0 amide bonds. The lowest BCUT2D eigenvalue weighted by Crippen LogP contribution is -2.45. The van der Waals surface area contributed by atoms with Crippen molar-refractivity contribution in [1.82, 2.24) is 14.5 Å². The van der Waals surface area contributed by atoms with Crippen LogP contribution in [-0.4, -0.2) is 34.3 Å². The van der Waals surface area contributed by atoms with Crippen LogP contribution in [0.5, 0.6) is 0 Å². The third kappa shape index (κ3) is 2.22. The first-order valence-electron chi connectivity index (χ1n) is 6.01. The first-order chi connectivity index (χ1) is 8.75. The van der Waals surface area contributed by atoms with Gasteiger partial charge in [0.2, 0.25) is 0 Å². The molecule has 5 heteroatoms. The van der Waals surface area contributed by atoms with E-state index in [1.54, 1.807) is 12.5 Å². The van der Waals surface area contributed by atoms with Crippen LogP contribution in [0.2, 0.25) is 0 Å². The number of rotatable bonds is 4. The standard InChI is InChI=1S/C13H16N4O/c1-13(8-18-9-13)7-16-11-2-3-12(15-6-11)17-5-4-14-10-17/h2-6,10,16H,7-9H2,1H3. The van der Waals surface area contributed by atoms with E-state index in [1.165, 1.54) is 0 Å². The highest BCUT2D eigenvalue weighted by atomic mass is 16.5. The minimum absolute atomic E-state index is 0.267. The van der Waals surface area contributed by atoms with Crippen LogP contribution in [0, 0.1) is 5.41 Å². The zero-order valence-corrected chi connectivity index (χ0v) is 10.3. The molecular formula is C13H16N4O. The molecule has 3 heterocycles. The van der Waals surface area contributed by atoms with E-state index in [4.69, 9.17) is 4.74 Å². The van der Waals surface area contributed by atoms with Crippen molar-refractivity contribution in [3.8, 4) is 5.82 Å². The van der Waals surface area contributed by atoms with Crippen LogP contribution < -0.4 is 5.32 Å². The molecule has 2 aromatic heterocycles. The number of aromatic nitrogens is 3. The Morgan fingerprint density at radius 2 is 2.33 bits per heavy atom. The van der Waals surface area contributed by atoms with E-state index in [2.05, 4.69) is 22.2 Å². The molecule has 0 saturated carbocycles. The number of pyridine rings is 1. The fourth-order valence-corrected chi connectivity index (χ4v) is 1.91. The second-order valence-electron chi connectivity index (χ2n) is 5.03. The summed E-state index contributed by atoms with van der Waals surface area (Å²) in [6, 6.07) is 4.01. The van der Waals surface area contributed by atoms with Crippen LogP contribution in [0.1, 0.15) is 6.92 Å². The Bertz CT molecular complexity index is 502. The quantitative estimate of drug-likeness (QED) is 0.889. The average molecular weight is 244 g/mol. The normalized spacial score (nSPS) is 17.2. The third-order valence-corrected chi connectivity index (χ3v) is 3.14. The molecule has 1 aliphatic rings. The van der Waals surface area contributed by atoms with E-state index < -0.39 is 0 Å². The third-order valence-electron chi connectivity index (χ3n) is 3.14. The van der Waals surface area contributed by atoms with Gasteiger partial charge in [0.05, 0.1) is 25.1 Å². The van der Waals surface area contributed by atoms with E-state index in [0.29, 0.717) is 0 Å². The van der Waals surface area contributed by atoms with Crippen molar-refractivity contribution in [2.24, 2.45) is 5.41 Å². The lowest BCUT2D eigenvalue weighted by molar-refractivity contribution is -0.0924. The number of nitrogens with one attached hydrogen (secondary N) is 1. The van der Waals surface area contributed by atoms with Gasteiger partial charge >= 0.3 is 0 Å². The van der Waals surface area contributed by atoms with Gasteiger partial charge in [-0.2, -0.15) is 0 Å². The predicted molar refractivity (Wildman–Crippen MR) is 68.8 cm³/mol. The number of hydrogen-bond acceptors (Lipinski definition) is 4. The number of imidazole rings is 1. The van der Waals surface area contributed by atoms with Gasteiger partial charge in [-0.05, 0) is 12.1 Å². The van der Waals surface area contributed by atoms with E-state index in [1.807, 2.05) is 29.1 Å². The maximum absolute atomic E-state index is 5.23. The topological polar surface area (TPSA) is 52.0 Å². The number of anilines is 1. The Morgan fingerprint density at radius 3 is 2.89 bits per heavy atom. The summed E-state index contributed by atoms with van der Waals surface area (Å²) in [5.74, 6) is 0.872. The van der Waals surface area contributed by atoms with Gasteiger partial charge in [0.1, 0.15) is 12.1 Å². The molecule has 1 aliphatic heterocycles. The van der Waals surface area contributed by atoms with Crippen LogP contribution in [0.25, 0.3) is 5.82 Å². The molecule has 0 aromatic carbocycles. The Labute approximate surface area is 106 Å². The minimum Gasteiger partial charge on any atom is -0.383 e. The maximum atomic E-state index is 5.23. The van der Waals surface area contributed by atoms with Crippen LogP contribution >= 0.6 is 0 Å². The Balaban J connectivity index is 1.64. The molecular weight excluding hydrogens is 228 g/mol. The summed E-state index contributed by atoms with van der Waals surface area (Å²) in [5, 5.41) is 3.39. The summed E-state index contributed by atoms with van der Waals surface area (Å²) >= 11 is 0. The highest BCUT2D eigenvalue weighted by Gasteiger charge is 2.32. The summed E-state index contributed by atoms with van der Waals surface area (Å²) in [7, 11) is 0. The second-order valence-corrected chi connectivity index (χ2v) is 5.03. The van der Waals surface area contributed by atoms with Crippen molar-refractivity contribution in [2.45, 2.75) is 6.92 Å². The van der Waals surface area contributed by atoms with Gasteiger partial charge in [0.15, 0.2) is 0 Å². The first-order valence-corrected chi connectivity index (χ1v) is 6.01. The van der Waals surface area contributed by atoms with Gasteiger partial charge in [-0.15, -0.1) is 0 Å². The molecule has 0 bridgehead atoms. The molecule has 2 aromatic rings. The van der Waals surface area contributed by atoms with E-state index in [0.717, 1.165) is 31.3 Å². The molecule has 0 unspecified atom stereocenters. The Morgan fingerprint density at radius 1 is 1.44 bits per heavy atom. The van der Waals surface area contributed by atoms with Crippen molar-refractivity contribution < 1.29 is 4.74 Å². The smallest absolute Gasteiger partial charge is 0.137 e. The minimum atomic E-state index is 0.267. The molecule has 0 aliphatic carbocycles. The van der Waals surface area contributed by atoms with Gasteiger partial charge in [0.25, 0.3) is 0 Å². The highest BCUT2D eigenvalue weighted by molar-refractivity contribution is 5.43. The van der Waals surface area contributed by atoms with Crippen molar-refractivity contribution >= 4 is 5.69 Å². The Hall–Kier alpha value is -1.88. The summed E-state index contributed by atoms with van der Waals surface area (Å²) in [5.41, 5.74) is 1.30. The molecule has 0 radical (unpaired) electrons. The number of hydrogen-bond donors (Lipinski definition) is 1. The predicted octanol–water partition coefficient (Wildman–Crippen LogP) is 1.72. The molecule has 18 heavy (non-hydrogen) atoms. The number of nitrogens with zero attached hydrogens (tertiary/aromatic N) is 3. The molecule has 0 spiro atoms. The lowest BCUT2D eigenvalue weighted by atomic mass is 9.89. The van der Waals surface area contributed by atoms with Crippen LogP contribution in [-0.2, 0) is 4.74 Å². The van der Waals surface area contributed by atoms with Crippen molar-refractivity contribution in [1.29, 1.82) is 0 Å². The molecule has 0 atom stereocenters. The van der Waals surface area contributed by atoms with Gasteiger partial charge in [0, 0.05) is 24.4 Å². The molecule has 3 rings (SSSR count). The van der Waals surface area contributed by atoms with Gasteiger partial charge in [-0.25, -0.2) is 9.97 Å². The van der Waals surface area contributed by atoms with E-state index in [-0.39, 0.29) is 5.41 Å². The molecule has 1 fully saturated rings. The second kappa shape index (κ2) is 4.42. The monoisotopic (exact) mass is 244 g/mol. The van der Waals surface area contributed by atoms with E-state index >= 15 is 0 Å². The maximum Gasteiger partial charge on any atom is 0.137 e. The SMILES string of the molecule is CC1(CNc2ccc(-n3ccnc3)nc2)COC1. The van der Waals surface area contributed by atoms with E-state index in [9.17, 15) is 0 Å². The van der Waals surface area contributed by atoms with Crippen LogP contribution in [0.4, 0.5) is 5.69 Å². The van der Waals surface area contributed by atoms with Gasteiger partial charge < -0.3 is 10.1 Å². The molecule has 94 valence electrons. The van der Waals surface area contributed by atoms with Crippen LogP contribution in [0.15, 0.2) is 37.1 Å². The van der Waals surface area contributed by atoms with Gasteiger partial charge in [-0.1, -0.05) is 6.92 Å². The first kappa shape index (κ1) is 11.2. The van der Waals surface area contributed by atoms with Crippen molar-refractivity contribution in [3.63, 3.8) is 0 Å². The summed E-state index contributed by atoms with van der Waals surface area (Å²) in [6.07, 6.45) is 7.20. The zero-order chi connectivity index (χ0) is 12.4. The largest absolute Gasteiger partial charge is 0.383 e. The molecule has 5 nitrogen and oxygen atoms in total. The summed E-state index contributed by atoms with van der Waals surface area (Å²) < 4.78 is 7.11. The fourth-order valence-electron chi connectivity index (χ4n) is 1.91. The number of ether oxygens (including phenoxy) is 1. The van der Waals surface area contributed by atoms with Gasteiger partial charge in [-0.3, -0.25) is 4.57 Å². The van der Waals surface area contributed by atoms with Crippen molar-refractivity contribution in [3.05, 3.63) is 37.1 Å². The highest BCUT2D eigenvalue weighted by Crippen LogP contribution is 2.26. The Kier molecular flexibility index (Phi) is 2.76. The average Bonchev–Trinajstić information content (AvgIpc) is 2.88. The fraction of sp³-hybridized carbons (Fsp3) is 0.385.